The zero-order chi connectivity index (χ0) is 19.7. The predicted octanol–water partition coefficient (Wildman–Crippen LogP) is 1.28. The summed E-state index contributed by atoms with van der Waals surface area (Å²) in [6.45, 7) is 7.13. The Bertz CT molecular complexity index is 624. The molecule has 28 heavy (non-hydrogen) atoms. The number of aliphatic hydroxyl groups is 1. The Morgan fingerprint density at radius 1 is 1.29 bits per heavy atom. The third kappa shape index (κ3) is 5.67. The number of aliphatic hydroxyl groups excluding tert-OH is 1. The number of nitrogens with zero attached hydrogens (tertiary/aromatic N) is 4. The molecule has 1 aromatic heterocycles. The Balaban J connectivity index is 1.48. The summed E-state index contributed by atoms with van der Waals surface area (Å²) in [5.41, 5.74) is -0.0177. The van der Waals surface area contributed by atoms with Crippen molar-refractivity contribution in [3.63, 3.8) is 0 Å². The molecule has 0 aromatic carbocycles. The number of hydrogen-bond donors (Lipinski definition) is 3. The second-order valence-electron chi connectivity index (χ2n) is 8.00. The molecule has 0 amide bonds. The highest BCUT2D eigenvalue weighted by atomic mass is 16.5. The van der Waals surface area contributed by atoms with Crippen molar-refractivity contribution in [2.24, 2.45) is 10.4 Å². The maximum Gasteiger partial charge on any atom is 0.191 e. The second-order valence-corrected chi connectivity index (χ2v) is 8.00. The largest absolute Gasteiger partial charge is 0.396 e. The Hall–Kier alpha value is -1.67. The number of ether oxygens (including phenoxy) is 1. The number of hydrogen-bond acceptors (Lipinski definition) is 5. The van der Waals surface area contributed by atoms with E-state index in [1.54, 1.807) is 0 Å². The lowest BCUT2D eigenvalue weighted by Crippen LogP contribution is -2.39. The van der Waals surface area contributed by atoms with Crippen LogP contribution < -0.4 is 10.6 Å². The monoisotopic (exact) mass is 392 g/mol. The summed E-state index contributed by atoms with van der Waals surface area (Å²) in [7, 11) is 0. The van der Waals surface area contributed by atoms with Crippen LogP contribution in [0.25, 0.3) is 0 Å². The van der Waals surface area contributed by atoms with E-state index < -0.39 is 0 Å². The smallest absolute Gasteiger partial charge is 0.191 e. The van der Waals surface area contributed by atoms with Gasteiger partial charge in [-0.15, -0.1) is 10.2 Å². The van der Waals surface area contributed by atoms with Gasteiger partial charge in [0.05, 0.1) is 13.2 Å². The van der Waals surface area contributed by atoms with Gasteiger partial charge in [-0.25, -0.2) is 0 Å². The normalized spacial score (nSPS) is 22.7. The van der Waals surface area contributed by atoms with E-state index >= 15 is 0 Å². The van der Waals surface area contributed by atoms with Gasteiger partial charge in [0.2, 0.25) is 0 Å². The van der Waals surface area contributed by atoms with Crippen LogP contribution >= 0.6 is 0 Å². The molecule has 1 aromatic rings. The second kappa shape index (κ2) is 10.8. The maximum absolute atomic E-state index is 9.38. The minimum Gasteiger partial charge on any atom is -0.396 e. The maximum atomic E-state index is 9.38. The van der Waals surface area contributed by atoms with E-state index in [0.717, 1.165) is 76.0 Å². The Morgan fingerprint density at radius 3 is 3.00 bits per heavy atom. The molecular weight excluding hydrogens is 356 g/mol. The average Bonchev–Trinajstić information content (AvgIpc) is 3.24. The summed E-state index contributed by atoms with van der Waals surface area (Å²) in [6, 6.07) is 0. The molecule has 1 atom stereocenters. The van der Waals surface area contributed by atoms with Gasteiger partial charge in [0.1, 0.15) is 11.6 Å². The summed E-state index contributed by atoms with van der Waals surface area (Å²) < 4.78 is 7.89. The summed E-state index contributed by atoms with van der Waals surface area (Å²) in [5.74, 6) is 3.11. The topological polar surface area (TPSA) is 96.6 Å². The lowest BCUT2D eigenvalue weighted by Gasteiger charge is -2.24. The first kappa shape index (κ1) is 21.0. The molecular formula is C20H36N6O2. The molecule has 1 saturated heterocycles. The van der Waals surface area contributed by atoms with Crippen LogP contribution in [0.5, 0.6) is 0 Å². The van der Waals surface area contributed by atoms with Gasteiger partial charge in [-0.05, 0) is 39.0 Å². The number of guanidine groups is 1. The van der Waals surface area contributed by atoms with Crippen molar-refractivity contribution in [2.75, 3.05) is 39.5 Å². The molecule has 0 spiro atoms. The van der Waals surface area contributed by atoms with Crippen LogP contribution in [0.3, 0.4) is 0 Å². The molecule has 0 aliphatic carbocycles. The van der Waals surface area contributed by atoms with Gasteiger partial charge >= 0.3 is 0 Å². The molecule has 158 valence electrons. The van der Waals surface area contributed by atoms with Gasteiger partial charge in [0.25, 0.3) is 0 Å². The van der Waals surface area contributed by atoms with Gasteiger partial charge in [-0.1, -0.05) is 6.42 Å². The predicted molar refractivity (Wildman–Crippen MR) is 109 cm³/mol. The molecule has 2 aliphatic heterocycles. The average molecular weight is 393 g/mol. The first-order chi connectivity index (χ1) is 13.8. The molecule has 0 radical (unpaired) electrons. The quantitative estimate of drug-likeness (QED) is 0.333. The molecule has 0 bridgehead atoms. The fourth-order valence-electron chi connectivity index (χ4n) is 4.06. The van der Waals surface area contributed by atoms with E-state index in [1.165, 1.54) is 19.3 Å². The first-order valence-corrected chi connectivity index (χ1v) is 10.9. The van der Waals surface area contributed by atoms with Crippen LogP contribution in [-0.4, -0.2) is 65.3 Å². The van der Waals surface area contributed by atoms with E-state index in [4.69, 9.17) is 9.73 Å². The number of fused-ring (bicyclic) bond motifs is 1. The number of nitrogens with one attached hydrogen (secondary N) is 2. The van der Waals surface area contributed by atoms with Crippen LogP contribution in [0.15, 0.2) is 4.99 Å². The van der Waals surface area contributed by atoms with Crippen LogP contribution in [0.2, 0.25) is 0 Å². The van der Waals surface area contributed by atoms with Crippen molar-refractivity contribution >= 4 is 5.96 Å². The molecule has 0 saturated carbocycles. The van der Waals surface area contributed by atoms with E-state index in [0.29, 0.717) is 13.2 Å². The number of aryl methyl sites for hydroxylation is 2. The summed E-state index contributed by atoms with van der Waals surface area (Å²) in [4.78, 5) is 4.77. The molecule has 2 aliphatic rings. The Kier molecular flexibility index (Phi) is 8.09. The molecule has 1 fully saturated rings. The van der Waals surface area contributed by atoms with Gasteiger partial charge in [0.15, 0.2) is 5.96 Å². The zero-order valence-corrected chi connectivity index (χ0v) is 17.3. The van der Waals surface area contributed by atoms with Crippen LogP contribution in [0.1, 0.15) is 57.1 Å². The van der Waals surface area contributed by atoms with Gasteiger partial charge in [0, 0.05) is 51.1 Å². The first-order valence-electron chi connectivity index (χ1n) is 10.9. The van der Waals surface area contributed by atoms with Crippen molar-refractivity contribution in [1.82, 2.24) is 25.4 Å². The van der Waals surface area contributed by atoms with Gasteiger partial charge < -0.3 is 25.0 Å². The van der Waals surface area contributed by atoms with Crippen molar-refractivity contribution in [1.29, 1.82) is 0 Å². The molecule has 1 unspecified atom stereocenters. The van der Waals surface area contributed by atoms with Gasteiger partial charge in [-0.2, -0.15) is 0 Å². The van der Waals surface area contributed by atoms with Crippen molar-refractivity contribution in [3.05, 3.63) is 11.6 Å². The molecule has 8 nitrogen and oxygen atoms in total. The SMILES string of the molecule is CCNC(=NCC1(CCO)CCOC1)NCCCc1nnc2n1CCCCC2. The fourth-order valence-corrected chi connectivity index (χ4v) is 4.06. The lowest BCUT2D eigenvalue weighted by atomic mass is 9.84. The Labute approximate surface area is 168 Å². The Morgan fingerprint density at radius 2 is 2.21 bits per heavy atom. The molecule has 8 heteroatoms. The zero-order valence-electron chi connectivity index (χ0n) is 17.3. The van der Waals surface area contributed by atoms with Gasteiger partial charge in [-0.3, -0.25) is 4.99 Å². The highest BCUT2D eigenvalue weighted by molar-refractivity contribution is 5.79. The lowest BCUT2D eigenvalue weighted by molar-refractivity contribution is 0.131. The summed E-state index contributed by atoms with van der Waals surface area (Å²) in [6.07, 6.45) is 8.44. The molecule has 3 heterocycles. The summed E-state index contributed by atoms with van der Waals surface area (Å²) in [5, 5.41) is 24.9. The number of rotatable bonds is 9. The van der Waals surface area contributed by atoms with Crippen LogP contribution in [0, 0.1) is 5.41 Å². The minimum atomic E-state index is -0.0177. The third-order valence-corrected chi connectivity index (χ3v) is 5.80. The van der Waals surface area contributed by atoms with Crippen LogP contribution in [0.4, 0.5) is 0 Å². The fraction of sp³-hybridized carbons (Fsp3) is 0.850. The molecule has 3 rings (SSSR count). The van der Waals surface area contributed by atoms with E-state index in [-0.39, 0.29) is 12.0 Å². The number of aliphatic imine (C=N–C) groups is 1. The van der Waals surface area contributed by atoms with Crippen LogP contribution in [-0.2, 0) is 24.1 Å². The molecule has 3 N–H and O–H groups in total. The highest BCUT2D eigenvalue weighted by Crippen LogP contribution is 2.32. The highest BCUT2D eigenvalue weighted by Gasteiger charge is 2.34. The minimum absolute atomic E-state index is 0.0177. The van der Waals surface area contributed by atoms with E-state index in [9.17, 15) is 5.11 Å². The van der Waals surface area contributed by atoms with E-state index in [1.807, 2.05) is 0 Å². The third-order valence-electron chi connectivity index (χ3n) is 5.80. The summed E-state index contributed by atoms with van der Waals surface area (Å²) >= 11 is 0. The van der Waals surface area contributed by atoms with Crippen molar-refractivity contribution < 1.29 is 9.84 Å². The standard InChI is InChI=1S/C20H36N6O2/c1-2-21-19(23-15-20(9-13-27)10-14-28-16-20)22-11-6-8-18-25-24-17-7-4-3-5-12-26(17)18/h27H,2-16H2,1H3,(H2,21,22,23). The van der Waals surface area contributed by atoms with Crippen molar-refractivity contribution in [2.45, 2.75) is 64.8 Å². The number of aromatic nitrogens is 3. The van der Waals surface area contributed by atoms with E-state index in [2.05, 4.69) is 32.3 Å². The van der Waals surface area contributed by atoms with Crippen molar-refractivity contribution in [3.8, 4) is 0 Å².